The van der Waals surface area contributed by atoms with Gasteiger partial charge in [-0.3, -0.25) is 24.8 Å². The number of rotatable bonds is 6. The second-order valence-corrected chi connectivity index (χ2v) is 11.9. The lowest BCUT2D eigenvalue weighted by atomic mass is 9.66. The number of nitrogens with one attached hydrogen (secondary N) is 1. The molecule has 1 aliphatic carbocycles. The minimum absolute atomic E-state index is 0.236. The van der Waals surface area contributed by atoms with Gasteiger partial charge in [0, 0.05) is 48.6 Å². The van der Waals surface area contributed by atoms with Crippen LogP contribution < -0.4 is 10.1 Å². The average Bonchev–Trinajstić information content (AvgIpc) is 3.72. The van der Waals surface area contributed by atoms with Gasteiger partial charge in [-0.15, -0.1) is 0 Å². The zero-order valence-corrected chi connectivity index (χ0v) is 22.4. The van der Waals surface area contributed by atoms with Crippen molar-refractivity contribution < 1.29 is 23.8 Å². The highest BCUT2D eigenvalue weighted by Gasteiger charge is 2.50. The van der Waals surface area contributed by atoms with Crippen LogP contribution in [0, 0.1) is 11.2 Å². The summed E-state index contributed by atoms with van der Waals surface area (Å²) in [6.07, 6.45) is 5.18. The number of benzene rings is 2. The van der Waals surface area contributed by atoms with E-state index >= 15 is 4.39 Å². The topological polar surface area (TPSA) is 91.8 Å². The van der Waals surface area contributed by atoms with Crippen molar-refractivity contribution in [2.75, 3.05) is 13.1 Å². The van der Waals surface area contributed by atoms with Crippen molar-refractivity contribution >= 4 is 22.7 Å². The monoisotopic (exact) mass is 531 g/mol. The summed E-state index contributed by atoms with van der Waals surface area (Å²) in [7, 11) is 0. The van der Waals surface area contributed by atoms with Crippen molar-refractivity contribution in [2.45, 2.75) is 70.1 Å². The molecule has 1 saturated carbocycles. The van der Waals surface area contributed by atoms with Gasteiger partial charge in [0.1, 0.15) is 11.6 Å². The van der Waals surface area contributed by atoms with Crippen LogP contribution in [0.4, 0.5) is 4.39 Å². The van der Waals surface area contributed by atoms with Crippen LogP contribution in [-0.2, 0) is 21.7 Å². The molecule has 8 heteroatoms. The number of aromatic nitrogens is 1. The van der Waals surface area contributed by atoms with Crippen LogP contribution in [0.2, 0.25) is 0 Å². The standard InChI is InChI=1S/C31H34FN3O4/c1-30(2)18-35(17-19-3-5-21(6-4-19)39-22-7-8-22)14-13-31(30,38)25-10-11-26-24(28(25)32)15-20(16-33-26)23-9-12-27(36)34-29(23)37/h3-6,10-11,15-16,22-23,38H,7-9,12-14,17-18H2,1-2H3,(H,34,36,37)/t23?,31-/m0/s1. The van der Waals surface area contributed by atoms with Crippen LogP contribution in [-0.4, -0.2) is 46.0 Å². The number of ether oxygens (including phenoxy) is 1. The van der Waals surface area contributed by atoms with Crippen LogP contribution in [0.15, 0.2) is 48.7 Å². The summed E-state index contributed by atoms with van der Waals surface area (Å²) >= 11 is 0. The number of imide groups is 1. The summed E-state index contributed by atoms with van der Waals surface area (Å²) in [5, 5.41) is 14.6. The van der Waals surface area contributed by atoms with Gasteiger partial charge in [0.05, 0.1) is 23.1 Å². The molecule has 0 radical (unpaired) electrons. The van der Waals surface area contributed by atoms with Crippen molar-refractivity contribution in [3.63, 3.8) is 0 Å². The lowest BCUT2D eigenvalue weighted by Crippen LogP contribution is -2.55. The van der Waals surface area contributed by atoms with E-state index < -0.39 is 22.8 Å². The Morgan fingerprint density at radius 1 is 1.13 bits per heavy atom. The zero-order chi connectivity index (χ0) is 27.4. The molecule has 2 aliphatic heterocycles. The first-order valence-electron chi connectivity index (χ1n) is 13.8. The molecular formula is C31H34FN3O4. The Bertz CT molecular complexity index is 1440. The van der Waals surface area contributed by atoms with E-state index in [2.05, 4.69) is 27.3 Å². The summed E-state index contributed by atoms with van der Waals surface area (Å²) in [6, 6.07) is 13.2. The Morgan fingerprint density at radius 3 is 2.59 bits per heavy atom. The molecule has 2 amide bonds. The van der Waals surface area contributed by atoms with Gasteiger partial charge in [0.25, 0.3) is 0 Å². The van der Waals surface area contributed by atoms with Crippen molar-refractivity contribution in [3.8, 4) is 5.75 Å². The maximum atomic E-state index is 16.1. The molecule has 1 aromatic heterocycles. The third-order valence-electron chi connectivity index (χ3n) is 8.59. The van der Waals surface area contributed by atoms with Crippen molar-refractivity contribution in [1.82, 2.24) is 15.2 Å². The normalized spacial score (nSPS) is 25.5. The molecule has 2 atom stereocenters. The van der Waals surface area contributed by atoms with Gasteiger partial charge < -0.3 is 9.84 Å². The van der Waals surface area contributed by atoms with Crippen LogP contribution in [0.25, 0.3) is 10.9 Å². The molecule has 1 unspecified atom stereocenters. The number of fused-ring (bicyclic) bond motifs is 1. The predicted octanol–water partition coefficient (Wildman–Crippen LogP) is 4.56. The van der Waals surface area contributed by atoms with Gasteiger partial charge in [-0.2, -0.15) is 0 Å². The minimum atomic E-state index is -1.38. The number of hydrogen-bond acceptors (Lipinski definition) is 6. The number of amides is 2. The number of carbonyl (C=O) groups is 2. The maximum absolute atomic E-state index is 16.1. The third-order valence-corrected chi connectivity index (χ3v) is 8.59. The fourth-order valence-electron chi connectivity index (χ4n) is 6.07. The Labute approximate surface area is 227 Å². The van der Waals surface area contributed by atoms with E-state index in [1.165, 1.54) is 5.56 Å². The van der Waals surface area contributed by atoms with Crippen LogP contribution >= 0.6 is 0 Å². The number of halogens is 1. The first kappa shape index (κ1) is 25.9. The highest BCUT2D eigenvalue weighted by atomic mass is 19.1. The van der Waals surface area contributed by atoms with E-state index in [4.69, 9.17) is 4.74 Å². The van der Waals surface area contributed by atoms with E-state index in [1.54, 1.807) is 24.4 Å². The fraction of sp³-hybridized carbons (Fsp3) is 0.452. The number of pyridine rings is 1. The van der Waals surface area contributed by atoms with E-state index in [0.717, 1.165) is 25.1 Å². The van der Waals surface area contributed by atoms with Crippen molar-refractivity contribution in [3.05, 3.63) is 71.2 Å². The summed E-state index contributed by atoms with van der Waals surface area (Å²) in [4.78, 5) is 30.7. The first-order chi connectivity index (χ1) is 18.6. The molecule has 6 rings (SSSR count). The van der Waals surface area contributed by atoms with E-state index in [-0.39, 0.29) is 29.2 Å². The number of piperidine rings is 2. The maximum Gasteiger partial charge on any atom is 0.234 e. The van der Waals surface area contributed by atoms with Gasteiger partial charge >= 0.3 is 0 Å². The molecule has 39 heavy (non-hydrogen) atoms. The van der Waals surface area contributed by atoms with Gasteiger partial charge in [0.15, 0.2) is 0 Å². The Morgan fingerprint density at radius 2 is 1.90 bits per heavy atom. The zero-order valence-electron chi connectivity index (χ0n) is 22.4. The number of carbonyl (C=O) groups excluding carboxylic acids is 2. The molecule has 3 heterocycles. The molecule has 0 spiro atoms. The molecule has 3 fully saturated rings. The van der Waals surface area contributed by atoms with Gasteiger partial charge in [-0.1, -0.05) is 32.0 Å². The molecule has 204 valence electrons. The van der Waals surface area contributed by atoms with Crippen LogP contribution in [0.5, 0.6) is 5.75 Å². The smallest absolute Gasteiger partial charge is 0.234 e. The quantitative estimate of drug-likeness (QED) is 0.454. The summed E-state index contributed by atoms with van der Waals surface area (Å²) in [5.74, 6) is -0.851. The largest absolute Gasteiger partial charge is 0.490 e. The molecule has 3 aromatic rings. The minimum Gasteiger partial charge on any atom is -0.490 e. The van der Waals surface area contributed by atoms with Gasteiger partial charge in [0.2, 0.25) is 11.8 Å². The number of aliphatic hydroxyl groups is 1. The number of nitrogens with zero attached hydrogens (tertiary/aromatic N) is 2. The summed E-state index contributed by atoms with van der Waals surface area (Å²) in [5.41, 5.74) is 0.433. The molecule has 2 aromatic carbocycles. The predicted molar refractivity (Wildman–Crippen MR) is 144 cm³/mol. The average molecular weight is 532 g/mol. The van der Waals surface area contributed by atoms with Crippen LogP contribution in [0.1, 0.15) is 68.6 Å². The van der Waals surface area contributed by atoms with E-state index in [1.807, 2.05) is 26.0 Å². The number of hydrogen-bond donors (Lipinski definition) is 2. The summed E-state index contributed by atoms with van der Waals surface area (Å²) < 4.78 is 22.0. The van der Waals surface area contributed by atoms with Crippen molar-refractivity contribution in [2.24, 2.45) is 5.41 Å². The van der Waals surface area contributed by atoms with Crippen molar-refractivity contribution in [1.29, 1.82) is 0 Å². The molecule has 3 aliphatic rings. The Hall–Kier alpha value is -3.36. The van der Waals surface area contributed by atoms with Gasteiger partial charge in [-0.05, 0) is 61.1 Å². The van der Waals surface area contributed by atoms with E-state index in [0.29, 0.717) is 43.1 Å². The van der Waals surface area contributed by atoms with Gasteiger partial charge in [-0.25, -0.2) is 4.39 Å². The highest BCUT2D eigenvalue weighted by Crippen LogP contribution is 2.48. The molecule has 2 N–H and O–H groups in total. The lowest BCUT2D eigenvalue weighted by Gasteiger charge is -2.50. The second kappa shape index (κ2) is 9.68. The molecule has 7 nitrogen and oxygen atoms in total. The highest BCUT2D eigenvalue weighted by molar-refractivity contribution is 6.01. The second-order valence-electron chi connectivity index (χ2n) is 11.9. The Balaban J connectivity index is 1.23. The lowest BCUT2D eigenvalue weighted by molar-refractivity contribution is -0.134. The SMILES string of the molecule is CC1(C)CN(Cc2ccc(OC3CC3)cc2)CC[C@]1(O)c1ccc2ncc(C3CCC(=O)NC3=O)cc2c1F. The fourth-order valence-corrected chi connectivity index (χ4v) is 6.07. The number of likely N-dealkylation sites (tertiary alicyclic amines) is 1. The molecule has 0 bridgehead atoms. The summed E-state index contributed by atoms with van der Waals surface area (Å²) in [6.45, 7) is 5.91. The van der Waals surface area contributed by atoms with Crippen LogP contribution in [0.3, 0.4) is 0 Å². The Kier molecular flexibility index (Phi) is 6.43. The van der Waals surface area contributed by atoms with E-state index in [9.17, 15) is 14.7 Å². The first-order valence-corrected chi connectivity index (χ1v) is 13.8. The molecular weight excluding hydrogens is 497 g/mol. The third kappa shape index (κ3) is 4.92. The molecule has 2 saturated heterocycles.